The zero-order valence-electron chi connectivity index (χ0n) is 21.3. The Balaban J connectivity index is 1.81. The Morgan fingerprint density at radius 3 is 2.52 bits per heavy atom. The molecule has 0 aliphatic carbocycles. The summed E-state index contributed by atoms with van der Waals surface area (Å²) in [5.74, 6) is 2.37. The van der Waals surface area contributed by atoms with Crippen molar-refractivity contribution in [1.29, 1.82) is 0 Å². The zero-order valence-corrected chi connectivity index (χ0v) is 23.6. The van der Waals surface area contributed by atoms with Crippen LogP contribution in [0, 0.1) is 12.3 Å². The SMILES string of the molecule is C#CCOc1ccc(Cl)cc1/C=c1\sc2n(c1=O)[C@H](c1ccc(Cl)cc1)C(C(=O)OCC)=C(c1ccccc1)N=2. The molecule has 0 saturated carbocycles. The summed E-state index contributed by atoms with van der Waals surface area (Å²) < 4.78 is 13.1. The largest absolute Gasteiger partial charge is 0.480 e. The molecule has 0 spiro atoms. The number of benzene rings is 3. The van der Waals surface area contributed by atoms with Crippen molar-refractivity contribution >= 4 is 52.3 Å². The van der Waals surface area contributed by atoms with Gasteiger partial charge in [0, 0.05) is 21.2 Å². The molecular weight excluding hydrogens is 567 g/mol. The summed E-state index contributed by atoms with van der Waals surface area (Å²) in [6, 6.07) is 20.6. The van der Waals surface area contributed by atoms with E-state index in [1.807, 2.05) is 30.3 Å². The van der Waals surface area contributed by atoms with Crippen molar-refractivity contribution in [2.24, 2.45) is 4.99 Å². The fraction of sp³-hybridized carbons (Fsp3) is 0.129. The van der Waals surface area contributed by atoms with Gasteiger partial charge in [0.05, 0.1) is 28.5 Å². The lowest BCUT2D eigenvalue weighted by molar-refractivity contribution is -0.138. The number of halogens is 2. The molecule has 1 aromatic heterocycles. The molecule has 0 fully saturated rings. The molecular formula is C31H22Cl2N2O4S. The van der Waals surface area contributed by atoms with Crippen molar-refractivity contribution in [1.82, 2.24) is 4.57 Å². The third-order valence-electron chi connectivity index (χ3n) is 6.13. The summed E-state index contributed by atoms with van der Waals surface area (Å²) in [5, 5.41) is 1.00. The van der Waals surface area contributed by atoms with Crippen molar-refractivity contribution in [3.8, 4) is 18.1 Å². The van der Waals surface area contributed by atoms with Crippen LogP contribution in [-0.2, 0) is 9.53 Å². The lowest BCUT2D eigenvalue weighted by atomic mass is 9.93. The maximum absolute atomic E-state index is 14.0. The highest BCUT2D eigenvalue weighted by Crippen LogP contribution is 2.35. The predicted molar refractivity (Wildman–Crippen MR) is 158 cm³/mol. The molecule has 1 aliphatic heterocycles. The topological polar surface area (TPSA) is 69.9 Å². The highest BCUT2D eigenvalue weighted by Gasteiger charge is 2.35. The van der Waals surface area contributed by atoms with Crippen molar-refractivity contribution in [3.05, 3.63) is 125 Å². The minimum absolute atomic E-state index is 0.0592. The molecule has 2 heterocycles. The first kappa shape index (κ1) is 27.5. The number of rotatable bonds is 7. The Hall–Kier alpha value is -4.09. The Bertz CT molecular complexity index is 1840. The van der Waals surface area contributed by atoms with Crippen LogP contribution in [0.3, 0.4) is 0 Å². The van der Waals surface area contributed by atoms with E-state index in [1.54, 1.807) is 55.5 Å². The van der Waals surface area contributed by atoms with Crippen molar-refractivity contribution in [2.75, 3.05) is 13.2 Å². The number of thiazole rings is 1. The van der Waals surface area contributed by atoms with Gasteiger partial charge in [0.2, 0.25) is 0 Å². The van der Waals surface area contributed by atoms with E-state index in [4.69, 9.17) is 44.1 Å². The number of nitrogens with zero attached hydrogens (tertiary/aromatic N) is 2. The van der Waals surface area contributed by atoms with Crippen molar-refractivity contribution < 1.29 is 14.3 Å². The van der Waals surface area contributed by atoms with Gasteiger partial charge in [-0.05, 0) is 48.9 Å². The molecule has 0 radical (unpaired) electrons. The maximum Gasteiger partial charge on any atom is 0.338 e. The van der Waals surface area contributed by atoms with Gasteiger partial charge in [0.15, 0.2) is 4.80 Å². The molecule has 0 saturated heterocycles. The van der Waals surface area contributed by atoms with Crippen LogP contribution < -0.4 is 19.6 Å². The summed E-state index contributed by atoms with van der Waals surface area (Å²) in [6.45, 7) is 1.96. The molecule has 6 nitrogen and oxygen atoms in total. The fourth-order valence-corrected chi connectivity index (χ4v) is 5.72. The number of hydrogen-bond donors (Lipinski definition) is 0. The zero-order chi connectivity index (χ0) is 28.2. The maximum atomic E-state index is 14.0. The molecule has 0 amide bonds. The lowest BCUT2D eigenvalue weighted by Gasteiger charge is -2.25. The smallest absolute Gasteiger partial charge is 0.338 e. The molecule has 1 atom stereocenters. The minimum Gasteiger partial charge on any atom is -0.480 e. The Kier molecular flexibility index (Phi) is 8.22. The van der Waals surface area contributed by atoms with E-state index in [-0.39, 0.29) is 24.3 Å². The average Bonchev–Trinajstić information content (AvgIpc) is 3.27. The van der Waals surface area contributed by atoms with Crippen LogP contribution in [0.25, 0.3) is 11.8 Å². The van der Waals surface area contributed by atoms with Gasteiger partial charge in [-0.1, -0.05) is 82.9 Å². The number of carbonyl (C=O) groups excluding carboxylic acids is 1. The van der Waals surface area contributed by atoms with Crippen LogP contribution in [0.4, 0.5) is 0 Å². The molecule has 40 heavy (non-hydrogen) atoms. The van der Waals surface area contributed by atoms with E-state index >= 15 is 0 Å². The van der Waals surface area contributed by atoms with Gasteiger partial charge in [-0.15, -0.1) is 6.42 Å². The highest BCUT2D eigenvalue weighted by atomic mass is 35.5. The second-order valence-electron chi connectivity index (χ2n) is 8.66. The standard InChI is InChI=1S/C31H22Cl2N2O4S/c1-3-16-39-24-15-14-23(33)17-21(24)18-25-29(36)35-28(20-10-12-22(32)13-11-20)26(30(37)38-4-2)27(34-31(35)40-25)19-8-6-5-7-9-19/h1,5-15,17-18,28H,4,16H2,2H3/b25-18-/t28-/m1/s1. The van der Waals surface area contributed by atoms with E-state index in [9.17, 15) is 9.59 Å². The number of aromatic nitrogens is 1. The number of hydrogen-bond acceptors (Lipinski definition) is 6. The highest BCUT2D eigenvalue weighted by molar-refractivity contribution is 7.07. The van der Waals surface area contributed by atoms with Crippen LogP contribution in [-0.4, -0.2) is 23.8 Å². The Morgan fingerprint density at radius 2 is 1.82 bits per heavy atom. The molecule has 200 valence electrons. The summed E-state index contributed by atoms with van der Waals surface area (Å²) >= 11 is 13.6. The molecule has 0 bridgehead atoms. The lowest BCUT2D eigenvalue weighted by Crippen LogP contribution is -2.40. The van der Waals surface area contributed by atoms with E-state index < -0.39 is 12.0 Å². The monoisotopic (exact) mass is 588 g/mol. The average molecular weight is 590 g/mol. The van der Waals surface area contributed by atoms with Crippen molar-refractivity contribution in [2.45, 2.75) is 13.0 Å². The third kappa shape index (κ3) is 5.47. The number of ether oxygens (including phenoxy) is 2. The minimum atomic E-state index is -0.804. The fourth-order valence-electron chi connectivity index (χ4n) is 4.43. The second-order valence-corrected chi connectivity index (χ2v) is 10.5. The molecule has 0 unspecified atom stereocenters. The summed E-state index contributed by atoms with van der Waals surface area (Å²) in [4.78, 5) is 32.8. The van der Waals surface area contributed by atoms with Crippen molar-refractivity contribution in [3.63, 3.8) is 0 Å². The number of esters is 1. The van der Waals surface area contributed by atoms with Crippen LogP contribution in [0.15, 0.2) is 88.2 Å². The first-order chi connectivity index (χ1) is 19.4. The molecule has 9 heteroatoms. The van der Waals surface area contributed by atoms with Gasteiger partial charge in [0.1, 0.15) is 12.4 Å². The molecule has 0 N–H and O–H groups in total. The summed E-state index contributed by atoms with van der Waals surface area (Å²) in [6.07, 6.45) is 7.06. The normalized spacial score (nSPS) is 14.8. The molecule has 5 rings (SSSR count). The van der Waals surface area contributed by atoms with Crippen LogP contribution in [0.5, 0.6) is 5.75 Å². The van der Waals surface area contributed by atoms with E-state index in [1.165, 1.54) is 15.9 Å². The Morgan fingerprint density at radius 1 is 1.10 bits per heavy atom. The number of carbonyl (C=O) groups is 1. The second kappa shape index (κ2) is 12.0. The van der Waals surface area contributed by atoms with Gasteiger partial charge in [-0.2, -0.15) is 0 Å². The Labute approximate surface area is 244 Å². The number of fused-ring (bicyclic) bond motifs is 1. The van der Waals surface area contributed by atoms with E-state index in [0.29, 0.717) is 42.0 Å². The number of terminal acetylenes is 1. The first-order valence-electron chi connectivity index (χ1n) is 12.3. The summed E-state index contributed by atoms with van der Waals surface area (Å²) in [5.41, 5.74) is 2.36. The molecule has 4 aromatic rings. The summed E-state index contributed by atoms with van der Waals surface area (Å²) in [7, 11) is 0. The molecule has 3 aromatic carbocycles. The van der Waals surface area contributed by atoms with Crippen LogP contribution >= 0.6 is 34.5 Å². The van der Waals surface area contributed by atoms with Gasteiger partial charge < -0.3 is 9.47 Å². The van der Waals surface area contributed by atoms with E-state index in [0.717, 1.165) is 5.56 Å². The quantitative estimate of drug-likeness (QED) is 0.218. The van der Waals surface area contributed by atoms with Crippen LogP contribution in [0.2, 0.25) is 10.0 Å². The molecule has 1 aliphatic rings. The van der Waals surface area contributed by atoms with Gasteiger partial charge >= 0.3 is 5.97 Å². The third-order valence-corrected chi connectivity index (χ3v) is 7.60. The first-order valence-corrected chi connectivity index (χ1v) is 13.9. The van der Waals surface area contributed by atoms with Gasteiger partial charge in [-0.3, -0.25) is 9.36 Å². The van der Waals surface area contributed by atoms with Crippen LogP contribution in [0.1, 0.15) is 29.7 Å². The predicted octanol–water partition coefficient (Wildman–Crippen LogP) is 5.25. The van der Waals surface area contributed by atoms with E-state index in [2.05, 4.69) is 5.92 Å². The van der Waals surface area contributed by atoms with Gasteiger partial charge in [-0.25, -0.2) is 9.79 Å². The van der Waals surface area contributed by atoms with Gasteiger partial charge in [0.25, 0.3) is 5.56 Å².